The maximum absolute atomic E-state index is 14.7. The van der Waals surface area contributed by atoms with E-state index >= 15 is 0 Å². The number of ether oxygens (including phenoxy) is 5. The number of halogens is 2. The summed E-state index contributed by atoms with van der Waals surface area (Å²) in [5, 5.41) is 43.4. The molecule has 20 heteroatoms. The Labute approximate surface area is 391 Å². The molecule has 5 rings (SSSR count). The number of aromatic nitrogens is 4. The van der Waals surface area contributed by atoms with Crippen LogP contribution in [0.1, 0.15) is 84.7 Å². The molecule has 3 aromatic rings. The van der Waals surface area contributed by atoms with Gasteiger partial charge in [-0.3, -0.25) is 14.4 Å². The van der Waals surface area contributed by atoms with E-state index in [4.69, 9.17) is 29.4 Å². The predicted molar refractivity (Wildman–Crippen MR) is 244 cm³/mol. The first-order valence-electron chi connectivity index (χ1n) is 21.5. The molecule has 0 amide bonds. The number of esters is 1. The predicted octanol–water partition coefficient (Wildman–Crippen LogP) is 4.51. The third-order valence-corrected chi connectivity index (χ3v) is 15.4. The zero-order chi connectivity index (χ0) is 47.4. The number of aliphatic hydroxyl groups excluding tert-OH is 2. The summed E-state index contributed by atoms with van der Waals surface area (Å²) in [5.41, 5.74) is 4.70. The maximum Gasteiger partial charge on any atom is 0.317 e. The van der Waals surface area contributed by atoms with Crippen LogP contribution in [0.2, 0.25) is 0 Å². The Bertz CT molecular complexity index is 2040. The van der Waals surface area contributed by atoms with Crippen molar-refractivity contribution in [3.8, 4) is 10.4 Å². The molecule has 2 fully saturated rings. The van der Waals surface area contributed by atoms with Crippen molar-refractivity contribution in [2.45, 2.75) is 132 Å². The van der Waals surface area contributed by atoms with Crippen molar-refractivity contribution in [1.29, 1.82) is 0 Å². The number of nitrogens with two attached hydrogens (primary N) is 1. The van der Waals surface area contributed by atoms with Gasteiger partial charge < -0.3 is 49.6 Å². The lowest BCUT2D eigenvalue weighted by Crippen LogP contribution is -2.60. The fraction of sp³-hybridized carbons (Fsp3) is 0.682. The first-order valence-corrected chi connectivity index (χ1v) is 23.5. The summed E-state index contributed by atoms with van der Waals surface area (Å²) in [6.45, 7) is 10.6. The van der Waals surface area contributed by atoms with E-state index in [0.29, 0.717) is 30.2 Å². The van der Waals surface area contributed by atoms with Gasteiger partial charge in [0, 0.05) is 63.4 Å². The summed E-state index contributed by atoms with van der Waals surface area (Å²) in [6, 6.07) is 6.29. The van der Waals surface area contributed by atoms with Crippen LogP contribution in [0.15, 0.2) is 36.7 Å². The molecule has 15 atom stereocenters. The third kappa shape index (κ3) is 11.4. The summed E-state index contributed by atoms with van der Waals surface area (Å²) >= 11 is 3.05. The standard InChI is InChI=1S/C44H64FIN6O11S/c1-22-18-43(6,60-10)38(25(4)34(54)26(5)39(57)63-41(46)44(7,58)37(56)24(3)33(22)53)62-40-35(55)30(17-23(2)61-40)51(8)16-15-29-21-52(50-49-29)31(19-45)36(59-9)28-13-11-27(12-14-28)32-20-48-42(47)64-32/h11-14,20-26,30-31,35-38,40-41,55-56,58H,15-19H2,1-10H3,(H2,47,48)/t22-,23-,24+,25+,26-,30+,31?,35-,36-,37-,38-,40+,41+,43-,44+/m1/s1. The van der Waals surface area contributed by atoms with Crippen LogP contribution < -0.4 is 5.73 Å². The van der Waals surface area contributed by atoms with E-state index in [1.54, 1.807) is 55.8 Å². The molecule has 2 aliphatic heterocycles. The van der Waals surface area contributed by atoms with Gasteiger partial charge in [0.05, 0.1) is 34.5 Å². The molecule has 64 heavy (non-hydrogen) atoms. The molecule has 0 saturated carbocycles. The zero-order valence-electron chi connectivity index (χ0n) is 38.1. The van der Waals surface area contributed by atoms with Gasteiger partial charge in [-0.1, -0.05) is 61.6 Å². The van der Waals surface area contributed by atoms with Crippen molar-refractivity contribution in [2.75, 3.05) is 40.2 Å². The summed E-state index contributed by atoms with van der Waals surface area (Å²) in [6.07, 6.45) is -2.09. The number of alkyl halides is 2. The average molecular weight is 1030 g/mol. The number of aliphatic hydroxyl groups is 3. The van der Waals surface area contributed by atoms with E-state index in [0.717, 1.165) is 16.0 Å². The lowest BCUT2D eigenvalue weighted by Gasteiger charge is -2.47. The number of thiazole rings is 1. The van der Waals surface area contributed by atoms with E-state index in [1.165, 1.54) is 51.0 Å². The number of nitrogen functional groups attached to an aromatic ring is 1. The van der Waals surface area contributed by atoms with E-state index < -0.39 is 106 Å². The molecular weight excluding hydrogens is 966 g/mol. The van der Waals surface area contributed by atoms with E-state index in [9.17, 15) is 34.1 Å². The lowest BCUT2D eigenvalue weighted by atomic mass is 9.75. The number of rotatable bonds is 13. The second-order valence-electron chi connectivity index (χ2n) is 17.8. The van der Waals surface area contributed by atoms with Gasteiger partial charge in [-0.25, -0.2) is 14.1 Å². The number of nitrogens with zero attached hydrogens (tertiary/aromatic N) is 5. The zero-order valence-corrected chi connectivity index (χ0v) is 41.1. The van der Waals surface area contributed by atoms with Crippen LogP contribution in [-0.2, 0) is 44.5 Å². The highest BCUT2D eigenvalue weighted by Crippen LogP contribution is 2.39. The van der Waals surface area contributed by atoms with Crippen LogP contribution in [0.25, 0.3) is 10.4 Å². The third-order valence-electron chi connectivity index (χ3n) is 13.0. The quantitative estimate of drug-likeness (QED) is 0.0799. The molecule has 2 aromatic heterocycles. The van der Waals surface area contributed by atoms with Crippen molar-refractivity contribution in [3.63, 3.8) is 0 Å². The number of benzene rings is 1. The van der Waals surface area contributed by atoms with Gasteiger partial charge in [-0.2, -0.15) is 0 Å². The Morgan fingerprint density at radius 3 is 2.34 bits per heavy atom. The van der Waals surface area contributed by atoms with Crippen molar-refractivity contribution >= 4 is 56.6 Å². The number of anilines is 1. The van der Waals surface area contributed by atoms with E-state index in [-0.39, 0.29) is 12.2 Å². The van der Waals surface area contributed by atoms with Crippen molar-refractivity contribution in [3.05, 3.63) is 47.9 Å². The van der Waals surface area contributed by atoms with Crippen molar-refractivity contribution < 1.29 is 57.8 Å². The van der Waals surface area contributed by atoms with Crippen LogP contribution in [-0.4, -0.2) is 144 Å². The van der Waals surface area contributed by atoms with Gasteiger partial charge >= 0.3 is 5.97 Å². The SMILES string of the molecule is CO[C@H](c1ccc(-c2cnc(N)s2)cc1)C(CF)n1cc(CCN(C)[C@H]2C[C@@H](C)O[C@@H](O[C@@H]3[C@@H](C)C(=O)[C@@H](C)C(=O)O[C@H](I)[C@@](C)(O)[C@H](O)[C@@H](C)C(=O)[C@H](C)C[C@@]3(C)OC)[C@@H]2O)nn1. The largest absolute Gasteiger partial charge is 0.448 e. The lowest BCUT2D eigenvalue weighted by molar-refractivity contribution is -0.296. The number of methoxy groups -OCH3 is 2. The smallest absolute Gasteiger partial charge is 0.317 e. The Morgan fingerprint density at radius 1 is 1.08 bits per heavy atom. The Balaban J connectivity index is 1.32. The van der Waals surface area contributed by atoms with Crippen LogP contribution >= 0.6 is 33.9 Å². The molecule has 0 aliphatic carbocycles. The van der Waals surface area contributed by atoms with Crippen LogP contribution in [0, 0.1) is 23.7 Å². The highest BCUT2D eigenvalue weighted by molar-refractivity contribution is 14.1. The second-order valence-corrected chi connectivity index (χ2v) is 20.0. The van der Waals surface area contributed by atoms with E-state index in [2.05, 4.69) is 15.3 Å². The van der Waals surface area contributed by atoms with Gasteiger partial charge in [-0.15, -0.1) is 5.10 Å². The van der Waals surface area contributed by atoms with Crippen LogP contribution in [0.3, 0.4) is 0 Å². The highest BCUT2D eigenvalue weighted by Gasteiger charge is 2.52. The molecule has 0 bridgehead atoms. The highest BCUT2D eigenvalue weighted by atomic mass is 127. The maximum atomic E-state index is 14.7. The summed E-state index contributed by atoms with van der Waals surface area (Å²) in [4.78, 5) is 48.3. The molecule has 4 heterocycles. The Kier molecular flexibility index (Phi) is 17.6. The molecule has 356 valence electrons. The first kappa shape index (κ1) is 51.9. The number of ketones is 2. The number of likely N-dealkylation sites (N-methyl/N-ethyl adjacent to an activating group) is 1. The van der Waals surface area contributed by atoms with Gasteiger partial charge in [0.25, 0.3) is 0 Å². The Hall–Kier alpha value is -3.06. The van der Waals surface area contributed by atoms with Crippen molar-refractivity contribution in [1.82, 2.24) is 24.9 Å². The average Bonchev–Trinajstić information content (AvgIpc) is 3.94. The van der Waals surface area contributed by atoms with E-state index in [1.807, 2.05) is 43.1 Å². The molecule has 1 unspecified atom stereocenters. The summed E-state index contributed by atoms with van der Waals surface area (Å²) < 4.78 is 45.1. The number of carbonyl (C=O) groups excluding carboxylic acids is 3. The minimum absolute atomic E-state index is 0.0167. The van der Waals surface area contributed by atoms with Gasteiger partial charge in [0.15, 0.2) is 21.3 Å². The molecule has 17 nitrogen and oxygen atoms in total. The van der Waals surface area contributed by atoms with Gasteiger partial charge in [0.1, 0.15) is 42.2 Å². The number of cyclic esters (lactones) is 1. The topological polar surface area (TPSA) is 231 Å². The molecule has 1 aromatic carbocycles. The number of hydrogen-bond donors (Lipinski definition) is 4. The fourth-order valence-electron chi connectivity index (χ4n) is 8.88. The number of Topliss-reactive ketones (excluding diaryl/α,β-unsaturated/α-hetero) is 2. The second kappa shape index (κ2) is 21.7. The first-order chi connectivity index (χ1) is 30.1. The van der Waals surface area contributed by atoms with Gasteiger partial charge in [-0.05, 0) is 81.3 Å². The van der Waals surface area contributed by atoms with Gasteiger partial charge in [0.2, 0.25) is 0 Å². The molecule has 5 N–H and O–H groups in total. The monoisotopic (exact) mass is 1030 g/mol. The minimum Gasteiger partial charge on any atom is -0.448 e. The van der Waals surface area contributed by atoms with Crippen LogP contribution in [0.5, 0.6) is 0 Å². The fourth-order valence-corrected chi connectivity index (χ4v) is 10.2. The molecular formula is C44H64FIN6O11S. The summed E-state index contributed by atoms with van der Waals surface area (Å²) in [7, 11) is 4.79. The molecule has 2 saturated heterocycles. The molecule has 2 aliphatic rings. The minimum atomic E-state index is -2.02. The number of hydrogen-bond acceptors (Lipinski definition) is 17. The summed E-state index contributed by atoms with van der Waals surface area (Å²) in [5.74, 6) is -6.08. The van der Waals surface area contributed by atoms with Crippen molar-refractivity contribution in [2.24, 2.45) is 23.7 Å². The Morgan fingerprint density at radius 2 is 1.75 bits per heavy atom. The number of carbonyl (C=O) groups is 3. The van der Waals surface area contributed by atoms with Crippen LogP contribution in [0.4, 0.5) is 9.52 Å². The molecule has 0 spiro atoms. The molecule has 0 radical (unpaired) electrons. The normalized spacial score (nSPS) is 34.6.